The lowest BCUT2D eigenvalue weighted by Gasteiger charge is -2.21. The standard InChI is InChI=1S/C22H26N2.CH3NO/c1-14-9-8-12-22(15(14)2)24-18(5)23-17(4)21-13-19-10-6-7-11-20(19)16(21)3;2-1-3/h6-12,17,23-24H,5,13H2,1-4H3;1H,(H2,2,3). The van der Waals surface area contributed by atoms with Gasteiger partial charge in [0, 0.05) is 11.7 Å². The van der Waals surface area contributed by atoms with E-state index in [0.29, 0.717) is 0 Å². The van der Waals surface area contributed by atoms with Crippen LogP contribution in [0.2, 0.25) is 0 Å². The number of carbonyl (C=O) groups excluding carboxylic acids is 1. The first-order valence-electron chi connectivity index (χ1n) is 9.11. The van der Waals surface area contributed by atoms with Crippen molar-refractivity contribution in [2.75, 3.05) is 5.32 Å². The van der Waals surface area contributed by atoms with Crippen LogP contribution in [-0.2, 0) is 11.2 Å². The molecule has 1 aliphatic carbocycles. The fraction of sp³-hybridized carbons (Fsp3) is 0.261. The number of fused-ring (bicyclic) bond motifs is 1. The van der Waals surface area contributed by atoms with Crippen LogP contribution >= 0.6 is 0 Å². The molecule has 0 spiro atoms. The van der Waals surface area contributed by atoms with Crippen LogP contribution < -0.4 is 16.4 Å². The Bertz CT molecular complexity index is 868. The van der Waals surface area contributed by atoms with Crippen LogP contribution in [0.3, 0.4) is 0 Å². The van der Waals surface area contributed by atoms with Gasteiger partial charge in [-0.15, -0.1) is 0 Å². The number of nitrogens with one attached hydrogen (secondary N) is 2. The summed E-state index contributed by atoms with van der Waals surface area (Å²) in [6, 6.07) is 15.2. The van der Waals surface area contributed by atoms with Gasteiger partial charge in [-0.2, -0.15) is 0 Å². The van der Waals surface area contributed by atoms with Gasteiger partial charge in [0.15, 0.2) is 0 Å². The first kappa shape index (κ1) is 20.3. The van der Waals surface area contributed by atoms with Crippen molar-refractivity contribution in [3.63, 3.8) is 0 Å². The van der Waals surface area contributed by atoms with Crippen molar-refractivity contribution in [1.82, 2.24) is 5.32 Å². The van der Waals surface area contributed by atoms with Crippen LogP contribution in [0.5, 0.6) is 0 Å². The minimum absolute atomic E-state index is 0.250. The number of rotatable bonds is 5. The van der Waals surface area contributed by atoms with Gasteiger partial charge in [0.1, 0.15) is 0 Å². The van der Waals surface area contributed by atoms with Gasteiger partial charge in [-0.1, -0.05) is 43.0 Å². The Hall–Kier alpha value is -3.01. The number of allylic oxidation sites excluding steroid dienone is 1. The van der Waals surface area contributed by atoms with E-state index in [9.17, 15) is 0 Å². The molecule has 0 heterocycles. The Morgan fingerprint density at radius 1 is 1.15 bits per heavy atom. The number of amides is 1. The molecular formula is C23H29N3O. The molecule has 2 aromatic carbocycles. The highest BCUT2D eigenvalue weighted by Gasteiger charge is 2.22. The Morgan fingerprint density at radius 3 is 2.48 bits per heavy atom. The first-order valence-corrected chi connectivity index (χ1v) is 9.11. The predicted octanol–water partition coefficient (Wildman–Crippen LogP) is 4.30. The molecule has 1 atom stereocenters. The van der Waals surface area contributed by atoms with Crippen LogP contribution in [0.1, 0.15) is 36.1 Å². The number of nitrogens with two attached hydrogens (primary N) is 1. The van der Waals surface area contributed by atoms with Gasteiger partial charge in [-0.25, -0.2) is 0 Å². The maximum atomic E-state index is 8.58. The fourth-order valence-corrected chi connectivity index (χ4v) is 3.46. The van der Waals surface area contributed by atoms with Crippen LogP contribution in [0.25, 0.3) is 5.57 Å². The minimum atomic E-state index is 0.250. The van der Waals surface area contributed by atoms with Crippen molar-refractivity contribution >= 4 is 17.7 Å². The molecule has 1 amide bonds. The number of hydrogen-bond donors (Lipinski definition) is 3. The lowest BCUT2D eigenvalue weighted by molar-refractivity contribution is -0.106. The Kier molecular flexibility index (Phi) is 6.83. The highest BCUT2D eigenvalue weighted by Crippen LogP contribution is 2.34. The van der Waals surface area contributed by atoms with E-state index in [1.165, 1.54) is 33.4 Å². The molecular weight excluding hydrogens is 334 g/mol. The molecule has 1 unspecified atom stereocenters. The smallest absolute Gasteiger partial charge is 0.204 e. The summed E-state index contributed by atoms with van der Waals surface area (Å²) in [5, 5.41) is 6.93. The highest BCUT2D eigenvalue weighted by molar-refractivity contribution is 5.75. The zero-order valence-corrected chi connectivity index (χ0v) is 16.6. The first-order chi connectivity index (χ1) is 12.9. The van der Waals surface area contributed by atoms with Gasteiger partial charge >= 0.3 is 0 Å². The molecule has 4 nitrogen and oxygen atoms in total. The second-order valence-electron chi connectivity index (χ2n) is 6.84. The summed E-state index contributed by atoms with van der Waals surface area (Å²) in [7, 11) is 0. The number of hydrogen-bond acceptors (Lipinski definition) is 3. The third-order valence-corrected chi connectivity index (χ3v) is 5.09. The number of carbonyl (C=O) groups is 1. The molecule has 0 saturated heterocycles. The molecule has 0 bridgehead atoms. The van der Waals surface area contributed by atoms with Gasteiger partial charge in [0.05, 0.1) is 5.82 Å². The normalized spacial score (nSPS) is 13.2. The second kappa shape index (κ2) is 9.08. The summed E-state index contributed by atoms with van der Waals surface area (Å²) >= 11 is 0. The van der Waals surface area contributed by atoms with E-state index in [4.69, 9.17) is 4.79 Å². The van der Waals surface area contributed by atoms with E-state index in [1.807, 2.05) is 0 Å². The molecule has 2 aromatic rings. The van der Waals surface area contributed by atoms with Crippen molar-refractivity contribution in [2.45, 2.75) is 40.2 Å². The molecule has 0 aromatic heterocycles. The van der Waals surface area contributed by atoms with E-state index in [1.54, 1.807) is 0 Å². The molecule has 0 fully saturated rings. The molecule has 27 heavy (non-hydrogen) atoms. The lowest BCUT2D eigenvalue weighted by atomic mass is 10.0. The number of aryl methyl sites for hydroxylation is 1. The largest absolute Gasteiger partial charge is 0.372 e. The molecule has 3 rings (SSSR count). The van der Waals surface area contributed by atoms with E-state index in [2.05, 4.69) is 93.1 Å². The molecule has 1 aliphatic rings. The third-order valence-electron chi connectivity index (χ3n) is 5.09. The zero-order chi connectivity index (χ0) is 20.0. The van der Waals surface area contributed by atoms with Gasteiger partial charge in [-0.3, -0.25) is 4.79 Å². The molecule has 0 aliphatic heterocycles. The van der Waals surface area contributed by atoms with E-state index in [-0.39, 0.29) is 12.5 Å². The zero-order valence-electron chi connectivity index (χ0n) is 16.6. The van der Waals surface area contributed by atoms with E-state index < -0.39 is 0 Å². The van der Waals surface area contributed by atoms with Crippen molar-refractivity contribution < 1.29 is 4.79 Å². The number of benzene rings is 2. The molecule has 0 radical (unpaired) electrons. The molecule has 4 N–H and O–H groups in total. The van der Waals surface area contributed by atoms with E-state index >= 15 is 0 Å². The van der Waals surface area contributed by atoms with Crippen molar-refractivity contribution in [1.29, 1.82) is 0 Å². The van der Waals surface area contributed by atoms with Crippen LogP contribution in [-0.4, -0.2) is 12.5 Å². The Labute approximate surface area is 162 Å². The fourth-order valence-electron chi connectivity index (χ4n) is 3.46. The van der Waals surface area contributed by atoms with Gasteiger partial charge < -0.3 is 16.4 Å². The molecule has 4 heteroatoms. The predicted molar refractivity (Wildman–Crippen MR) is 114 cm³/mol. The topological polar surface area (TPSA) is 67.2 Å². The second-order valence-corrected chi connectivity index (χ2v) is 6.84. The lowest BCUT2D eigenvalue weighted by Crippen LogP contribution is -2.30. The Morgan fingerprint density at radius 2 is 1.81 bits per heavy atom. The van der Waals surface area contributed by atoms with Crippen LogP contribution in [0.15, 0.2) is 60.4 Å². The van der Waals surface area contributed by atoms with Crippen molar-refractivity contribution in [2.24, 2.45) is 5.73 Å². The van der Waals surface area contributed by atoms with Crippen LogP contribution in [0.4, 0.5) is 5.69 Å². The maximum absolute atomic E-state index is 8.58. The minimum Gasteiger partial charge on any atom is -0.372 e. The summed E-state index contributed by atoms with van der Waals surface area (Å²) in [5.41, 5.74) is 13.5. The van der Waals surface area contributed by atoms with Gasteiger partial charge in [0.2, 0.25) is 6.41 Å². The number of primary amides is 1. The quantitative estimate of drug-likeness (QED) is 0.694. The SMILES string of the molecule is C=C(Nc1cccc(C)c1C)NC(C)C1=C(C)c2ccccc2C1.NC=O. The monoisotopic (exact) mass is 363 g/mol. The maximum Gasteiger partial charge on any atom is 0.204 e. The molecule has 142 valence electrons. The van der Waals surface area contributed by atoms with Crippen LogP contribution in [0, 0.1) is 13.8 Å². The summed E-state index contributed by atoms with van der Waals surface area (Å²) in [4.78, 5) is 8.58. The van der Waals surface area contributed by atoms with E-state index in [0.717, 1.165) is 17.9 Å². The molecule has 0 saturated carbocycles. The average molecular weight is 364 g/mol. The number of anilines is 1. The summed E-state index contributed by atoms with van der Waals surface area (Å²) in [5.74, 6) is 0.840. The summed E-state index contributed by atoms with van der Waals surface area (Å²) in [6.07, 6.45) is 1.27. The summed E-state index contributed by atoms with van der Waals surface area (Å²) in [6.45, 7) is 12.9. The summed E-state index contributed by atoms with van der Waals surface area (Å²) < 4.78 is 0. The average Bonchev–Trinajstić information content (AvgIpc) is 2.97. The van der Waals surface area contributed by atoms with Crippen molar-refractivity contribution in [3.8, 4) is 0 Å². The van der Waals surface area contributed by atoms with Gasteiger partial charge in [0.25, 0.3) is 0 Å². The Balaban J connectivity index is 0.000000817. The third kappa shape index (κ3) is 4.79. The van der Waals surface area contributed by atoms with Crippen molar-refractivity contribution in [3.05, 3.63) is 82.7 Å². The highest BCUT2D eigenvalue weighted by atomic mass is 16.1. The van der Waals surface area contributed by atoms with Gasteiger partial charge in [-0.05, 0) is 73.6 Å².